The molecule has 1 aromatic carbocycles. The Hall–Kier alpha value is -1.78. The number of hydrogen-bond donors (Lipinski definition) is 2. The lowest BCUT2D eigenvalue weighted by atomic mass is 10.1. The molecule has 2 rings (SSSR count). The standard InChI is InChI=1S/C12H16FN3O/c13-10-4-3-9-5-7-16(11(9)8-10)6-1-2-12(14)15-17/h3-4,8,17H,1-2,5-7H2,(H2,14,15). The third-order valence-corrected chi connectivity index (χ3v) is 3.03. The summed E-state index contributed by atoms with van der Waals surface area (Å²) in [4.78, 5) is 2.14. The first-order valence-electron chi connectivity index (χ1n) is 5.70. The Morgan fingerprint density at radius 3 is 3.12 bits per heavy atom. The van der Waals surface area contributed by atoms with E-state index < -0.39 is 0 Å². The van der Waals surface area contributed by atoms with Gasteiger partial charge >= 0.3 is 0 Å². The van der Waals surface area contributed by atoms with Crippen LogP contribution in [-0.4, -0.2) is 24.1 Å². The van der Waals surface area contributed by atoms with E-state index in [0.717, 1.165) is 31.6 Å². The smallest absolute Gasteiger partial charge is 0.139 e. The van der Waals surface area contributed by atoms with Crippen molar-refractivity contribution in [3.05, 3.63) is 29.6 Å². The number of halogens is 1. The molecule has 0 fully saturated rings. The average Bonchev–Trinajstić information content (AvgIpc) is 2.72. The van der Waals surface area contributed by atoms with Crippen molar-refractivity contribution >= 4 is 11.5 Å². The molecule has 1 aliphatic rings. The molecule has 17 heavy (non-hydrogen) atoms. The summed E-state index contributed by atoms with van der Waals surface area (Å²) in [6, 6.07) is 4.92. The first-order chi connectivity index (χ1) is 8.20. The van der Waals surface area contributed by atoms with Crippen molar-refractivity contribution in [2.45, 2.75) is 19.3 Å². The molecule has 0 amide bonds. The molecule has 0 saturated carbocycles. The number of amidine groups is 1. The van der Waals surface area contributed by atoms with E-state index in [1.807, 2.05) is 6.07 Å². The van der Waals surface area contributed by atoms with E-state index in [0.29, 0.717) is 6.42 Å². The zero-order valence-corrected chi connectivity index (χ0v) is 9.56. The molecular formula is C12H16FN3O. The Kier molecular flexibility index (Phi) is 3.46. The minimum absolute atomic E-state index is 0.202. The van der Waals surface area contributed by atoms with Gasteiger partial charge in [0.2, 0.25) is 0 Å². The van der Waals surface area contributed by atoms with Gasteiger partial charge in [0.1, 0.15) is 11.7 Å². The third kappa shape index (κ3) is 2.67. The topological polar surface area (TPSA) is 61.8 Å². The monoisotopic (exact) mass is 237 g/mol. The van der Waals surface area contributed by atoms with Crippen LogP contribution in [0.2, 0.25) is 0 Å². The Morgan fingerprint density at radius 1 is 1.53 bits per heavy atom. The second kappa shape index (κ2) is 5.03. The number of hydrogen-bond acceptors (Lipinski definition) is 3. The van der Waals surface area contributed by atoms with E-state index in [9.17, 15) is 4.39 Å². The minimum atomic E-state index is -0.202. The van der Waals surface area contributed by atoms with Crippen LogP contribution in [0.25, 0.3) is 0 Å². The molecule has 0 aromatic heterocycles. The lowest BCUT2D eigenvalue weighted by molar-refractivity contribution is 0.316. The molecule has 1 aliphatic heterocycles. The highest BCUT2D eigenvalue weighted by molar-refractivity contribution is 5.79. The van der Waals surface area contributed by atoms with Gasteiger partial charge in [0.05, 0.1) is 0 Å². The first kappa shape index (κ1) is 11.7. The Balaban J connectivity index is 1.95. The van der Waals surface area contributed by atoms with Crippen molar-refractivity contribution < 1.29 is 9.60 Å². The van der Waals surface area contributed by atoms with E-state index in [2.05, 4.69) is 10.1 Å². The molecule has 4 nitrogen and oxygen atoms in total. The van der Waals surface area contributed by atoms with Gasteiger partial charge in [-0.1, -0.05) is 11.2 Å². The molecule has 0 bridgehead atoms. The number of nitrogens with zero attached hydrogens (tertiary/aromatic N) is 2. The zero-order chi connectivity index (χ0) is 12.3. The Labute approximate surface area is 99.5 Å². The van der Waals surface area contributed by atoms with Crippen molar-refractivity contribution in [1.29, 1.82) is 0 Å². The second-order valence-corrected chi connectivity index (χ2v) is 4.20. The summed E-state index contributed by atoms with van der Waals surface area (Å²) in [6.45, 7) is 1.71. The van der Waals surface area contributed by atoms with Gasteiger partial charge in [-0.2, -0.15) is 0 Å². The minimum Gasteiger partial charge on any atom is -0.409 e. The fraction of sp³-hybridized carbons (Fsp3) is 0.417. The maximum absolute atomic E-state index is 13.1. The van der Waals surface area contributed by atoms with Crippen LogP contribution in [0.5, 0.6) is 0 Å². The van der Waals surface area contributed by atoms with Gasteiger partial charge in [-0.3, -0.25) is 0 Å². The van der Waals surface area contributed by atoms with Gasteiger partial charge in [0.25, 0.3) is 0 Å². The molecule has 5 heteroatoms. The number of fused-ring (bicyclic) bond motifs is 1. The van der Waals surface area contributed by atoms with Crippen LogP contribution in [-0.2, 0) is 6.42 Å². The molecule has 1 heterocycles. The highest BCUT2D eigenvalue weighted by Crippen LogP contribution is 2.28. The van der Waals surface area contributed by atoms with Gasteiger partial charge in [0, 0.05) is 25.2 Å². The summed E-state index contributed by atoms with van der Waals surface area (Å²) in [5, 5.41) is 11.3. The van der Waals surface area contributed by atoms with E-state index >= 15 is 0 Å². The maximum atomic E-state index is 13.1. The van der Waals surface area contributed by atoms with Crippen molar-refractivity contribution in [2.24, 2.45) is 10.9 Å². The number of nitrogens with two attached hydrogens (primary N) is 1. The van der Waals surface area contributed by atoms with Gasteiger partial charge in [-0.05, 0) is 30.5 Å². The lowest BCUT2D eigenvalue weighted by Gasteiger charge is -2.19. The fourth-order valence-corrected chi connectivity index (χ4v) is 2.15. The summed E-state index contributed by atoms with van der Waals surface area (Å²) >= 11 is 0. The van der Waals surface area contributed by atoms with E-state index in [-0.39, 0.29) is 11.7 Å². The number of rotatable bonds is 4. The number of anilines is 1. The maximum Gasteiger partial charge on any atom is 0.139 e. The molecule has 3 N–H and O–H groups in total. The first-order valence-corrected chi connectivity index (χ1v) is 5.70. The zero-order valence-electron chi connectivity index (χ0n) is 9.56. The second-order valence-electron chi connectivity index (χ2n) is 4.20. The number of benzene rings is 1. The third-order valence-electron chi connectivity index (χ3n) is 3.03. The van der Waals surface area contributed by atoms with Crippen molar-refractivity contribution in [3.63, 3.8) is 0 Å². The molecular weight excluding hydrogens is 221 g/mol. The quantitative estimate of drug-likeness (QED) is 0.363. The molecule has 1 aromatic rings. The summed E-state index contributed by atoms with van der Waals surface area (Å²) in [5.74, 6) is 0.0377. The summed E-state index contributed by atoms with van der Waals surface area (Å²) in [5.41, 5.74) is 7.56. The normalized spacial score (nSPS) is 15.1. The molecule has 0 saturated heterocycles. The van der Waals surface area contributed by atoms with Crippen LogP contribution in [0.15, 0.2) is 23.4 Å². The van der Waals surface area contributed by atoms with Gasteiger partial charge in [-0.25, -0.2) is 4.39 Å². The highest BCUT2D eigenvalue weighted by Gasteiger charge is 2.18. The summed E-state index contributed by atoms with van der Waals surface area (Å²) in [6.07, 6.45) is 2.31. The Bertz CT molecular complexity index is 434. The summed E-state index contributed by atoms with van der Waals surface area (Å²) in [7, 11) is 0. The van der Waals surface area contributed by atoms with Crippen molar-refractivity contribution in [2.75, 3.05) is 18.0 Å². The molecule has 92 valence electrons. The van der Waals surface area contributed by atoms with E-state index in [4.69, 9.17) is 10.9 Å². The fourth-order valence-electron chi connectivity index (χ4n) is 2.15. The predicted octanol–water partition coefficient (Wildman–Crippen LogP) is 1.71. The molecule has 0 unspecified atom stereocenters. The molecule has 0 radical (unpaired) electrons. The molecule has 0 atom stereocenters. The van der Waals surface area contributed by atoms with Gasteiger partial charge in [0.15, 0.2) is 0 Å². The van der Waals surface area contributed by atoms with Crippen LogP contribution in [0, 0.1) is 5.82 Å². The molecule has 0 spiro atoms. The van der Waals surface area contributed by atoms with Crippen LogP contribution in [0.4, 0.5) is 10.1 Å². The van der Waals surface area contributed by atoms with Crippen LogP contribution >= 0.6 is 0 Å². The SMILES string of the molecule is N/C(CCCN1CCc2ccc(F)cc21)=N/O. The average molecular weight is 237 g/mol. The number of oxime groups is 1. The van der Waals surface area contributed by atoms with Crippen LogP contribution in [0.3, 0.4) is 0 Å². The highest BCUT2D eigenvalue weighted by atomic mass is 19.1. The van der Waals surface area contributed by atoms with E-state index in [1.54, 1.807) is 6.07 Å². The van der Waals surface area contributed by atoms with Crippen LogP contribution < -0.4 is 10.6 Å². The molecule has 0 aliphatic carbocycles. The van der Waals surface area contributed by atoms with Gasteiger partial charge < -0.3 is 15.8 Å². The van der Waals surface area contributed by atoms with Crippen LogP contribution in [0.1, 0.15) is 18.4 Å². The largest absolute Gasteiger partial charge is 0.409 e. The van der Waals surface area contributed by atoms with E-state index in [1.165, 1.54) is 11.6 Å². The Morgan fingerprint density at radius 2 is 2.35 bits per heavy atom. The predicted molar refractivity (Wildman–Crippen MR) is 65.0 cm³/mol. The lowest BCUT2D eigenvalue weighted by Crippen LogP contribution is -2.23. The van der Waals surface area contributed by atoms with Crippen molar-refractivity contribution in [1.82, 2.24) is 0 Å². The summed E-state index contributed by atoms with van der Waals surface area (Å²) < 4.78 is 13.1. The van der Waals surface area contributed by atoms with Crippen molar-refractivity contribution in [3.8, 4) is 0 Å². The van der Waals surface area contributed by atoms with Gasteiger partial charge in [-0.15, -0.1) is 0 Å².